The predicted molar refractivity (Wildman–Crippen MR) is 78.1 cm³/mol. The van der Waals surface area contributed by atoms with Gasteiger partial charge in [-0.2, -0.15) is 10.2 Å². The van der Waals surface area contributed by atoms with E-state index in [1.165, 1.54) is 12.4 Å². The molecule has 1 saturated heterocycles. The fourth-order valence-electron chi connectivity index (χ4n) is 2.52. The van der Waals surface area contributed by atoms with E-state index in [1.807, 2.05) is 19.9 Å². The van der Waals surface area contributed by atoms with Crippen LogP contribution < -0.4 is 0 Å². The van der Waals surface area contributed by atoms with E-state index in [-0.39, 0.29) is 12.0 Å². The third-order valence-corrected chi connectivity index (χ3v) is 3.50. The van der Waals surface area contributed by atoms with Gasteiger partial charge in [0.2, 0.25) is 0 Å². The van der Waals surface area contributed by atoms with Crippen molar-refractivity contribution in [2.24, 2.45) is 0 Å². The highest BCUT2D eigenvalue weighted by atomic mass is 16.5. The summed E-state index contributed by atoms with van der Waals surface area (Å²) in [7, 11) is 0. The second kappa shape index (κ2) is 6.15. The Balaban J connectivity index is 1.78. The molecule has 2 aromatic rings. The van der Waals surface area contributed by atoms with Crippen molar-refractivity contribution in [3.63, 3.8) is 0 Å². The van der Waals surface area contributed by atoms with Crippen LogP contribution in [0.3, 0.4) is 0 Å². The number of nitrogens with zero attached hydrogens (tertiary/aromatic N) is 5. The number of carbonyl (C=O) groups excluding carboxylic acids is 1. The average molecular weight is 299 g/mol. The Morgan fingerprint density at radius 3 is 2.91 bits per heavy atom. The lowest BCUT2D eigenvalue weighted by molar-refractivity contribution is -0.0248. The summed E-state index contributed by atoms with van der Waals surface area (Å²) >= 11 is 0. The molecule has 7 heteroatoms. The minimum atomic E-state index is -0.229. The van der Waals surface area contributed by atoms with Gasteiger partial charge in [0.15, 0.2) is 0 Å². The summed E-state index contributed by atoms with van der Waals surface area (Å²) in [6.45, 7) is 5.28. The fraction of sp³-hybridized carbons (Fsp3) is 0.400. The quantitative estimate of drug-likeness (QED) is 0.826. The van der Waals surface area contributed by atoms with Crippen molar-refractivity contribution in [1.29, 1.82) is 0 Å². The standard InChI is InChI=1S/C15H17N5O2/c1-10-7-13(19-11(2)18-10)14-9-20(5-6-22-14)15(21)12-3-4-16-17-8-12/h3-4,7-8,14H,5-6,9H2,1-2H3/t14-/m0/s1. The first-order valence-corrected chi connectivity index (χ1v) is 7.13. The van der Waals surface area contributed by atoms with Crippen LogP contribution in [0.2, 0.25) is 0 Å². The highest BCUT2D eigenvalue weighted by molar-refractivity contribution is 5.93. The number of amides is 1. The van der Waals surface area contributed by atoms with E-state index in [0.717, 1.165) is 11.4 Å². The van der Waals surface area contributed by atoms with Gasteiger partial charge in [-0.15, -0.1) is 0 Å². The van der Waals surface area contributed by atoms with Crippen LogP contribution in [-0.2, 0) is 4.74 Å². The van der Waals surface area contributed by atoms with Crippen LogP contribution >= 0.6 is 0 Å². The summed E-state index contributed by atoms with van der Waals surface area (Å²) in [5, 5.41) is 7.44. The third kappa shape index (κ3) is 3.09. The minimum absolute atomic E-state index is 0.0642. The van der Waals surface area contributed by atoms with Gasteiger partial charge in [0.05, 0.1) is 36.8 Å². The molecule has 1 fully saturated rings. The van der Waals surface area contributed by atoms with Gasteiger partial charge in [0.1, 0.15) is 11.9 Å². The Morgan fingerprint density at radius 2 is 2.18 bits per heavy atom. The number of rotatable bonds is 2. The van der Waals surface area contributed by atoms with E-state index in [4.69, 9.17) is 4.74 Å². The lowest BCUT2D eigenvalue weighted by atomic mass is 10.1. The van der Waals surface area contributed by atoms with Crippen LogP contribution in [0.15, 0.2) is 24.5 Å². The largest absolute Gasteiger partial charge is 0.368 e. The van der Waals surface area contributed by atoms with Crippen LogP contribution in [0.25, 0.3) is 0 Å². The van der Waals surface area contributed by atoms with E-state index in [9.17, 15) is 4.79 Å². The van der Waals surface area contributed by atoms with Crippen LogP contribution in [0.1, 0.15) is 33.7 Å². The van der Waals surface area contributed by atoms with E-state index in [0.29, 0.717) is 31.1 Å². The summed E-state index contributed by atoms with van der Waals surface area (Å²) in [5.41, 5.74) is 2.24. The molecule has 3 rings (SSSR count). The van der Waals surface area contributed by atoms with Crippen molar-refractivity contribution in [1.82, 2.24) is 25.1 Å². The summed E-state index contributed by atoms with van der Waals surface area (Å²) in [6.07, 6.45) is 2.77. The van der Waals surface area contributed by atoms with Gasteiger partial charge in [-0.05, 0) is 26.0 Å². The van der Waals surface area contributed by atoms with Gasteiger partial charge in [-0.25, -0.2) is 9.97 Å². The van der Waals surface area contributed by atoms with Gasteiger partial charge >= 0.3 is 0 Å². The lowest BCUT2D eigenvalue weighted by Gasteiger charge is -2.32. The molecule has 0 saturated carbocycles. The van der Waals surface area contributed by atoms with Gasteiger partial charge in [-0.3, -0.25) is 4.79 Å². The number of carbonyl (C=O) groups is 1. The number of aryl methyl sites for hydroxylation is 2. The maximum absolute atomic E-state index is 12.5. The van der Waals surface area contributed by atoms with Crippen LogP contribution in [-0.4, -0.2) is 50.7 Å². The van der Waals surface area contributed by atoms with Crippen molar-refractivity contribution < 1.29 is 9.53 Å². The third-order valence-electron chi connectivity index (χ3n) is 3.50. The molecule has 3 heterocycles. The van der Waals surface area contributed by atoms with E-state index < -0.39 is 0 Å². The highest BCUT2D eigenvalue weighted by Gasteiger charge is 2.27. The van der Waals surface area contributed by atoms with Crippen molar-refractivity contribution in [3.05, 3.63) is 47.3 Å². The zero-order valence-electron chi connectivity index (χ0n) is 12.6. The molecule has 0 aliphatic carbocycles. The number of ether oxygens (including phenoxy) is 1. The molecule has 0 unspecified atom stereocenters. The molecule has 1 amide bonds. The Bertz CT molecular complexity index is 657. The van der Waals surface area contributed by atoms with E-state index in [2.05, 4.69) is 20.2 Å². The van der Waals surface area contributed by atoms with Gasteiger partial charge in [-0.1, -0.05) is 0 Å². The topological polar surface area (TPSA) is 81.1 Å². The molecule has 114 valence electrons. The molecular formula is C15H17N5O2. The minimum Gasteiger partial charge on any atom is -0.368 e. The average Bonchev–Trinajstić information content (AvgIpc) is 2.54. The molecule has 1 atom stereocenters. The fourth-order valence-corrected chi connectivity index (χ4v) is 2.52. The molecule has 0 spiro atoms. The maximum atomic E-state index is 12.5. The second-order valence-corrected chi connectivity index (χ2v) is 5.22. The predicted octanol–water partition coefficient (Wildman–Crippen LogP) is 1.10. The Hall–Kier alpha value is -2.41. The summed E-state index contributed by atoms with van der Waals surface area (Å²) in [5.74, 6) is 0.645. The smallest absolute Gasteiger partial charge is 0.255 e. The first-order valence-electron chi connectivity index (χ1n) is 7.13. The molecule has 22 heavy (non-hydrogen) atoms. The Morgan fingerprint density at radius 1 is 1.32 bits per heavy atom. The zero-order chi connectivity index (χ0) is 15.5. The van der Waals surface area contributed by atoms with Gasteiger partial charge in [0.25, 0.3) is 5.91 Å². The van der Waals surface area contributed by atoms with Crippen molar-refractivity contribution in [2.45, 2.75) is 20.0 Å². The summed E-state index contributed by atoms with van der Waals surface area (Å²) in [4.78, 5) is 22.9. The molecule has 7 nitrogen and oxygen atoms in total. The van der Waals surface area contributed by atoms with Crippen LogP contribution in [0, 0.1) is 13.8 Å². The number of hydrogen-bond acceptors (Lipinski definition) is 6. The first kappa shape index (κ1) is 14.5. The van der Waals surface area contributed by atoms with E-state index >= 15 is 0 Å². The maximum Gasteiger partial charge on any atom is 0.255 e. The number of aromatic nitrogens is 4. The molecular weight excluding hydrogens is 282 g/mol. The highest BCUT2D eigenvalue weighted by Crippen LogP contribution is 2.22. The summed E-state index contributed by atoms with van der Waals surface area (Å²) in [6, 6.07) is 3.57. The molecule has 1 aliphatic heterocycles. The van der Waals surface area contributed by atoms with E-state index in [1.54, 1.807) is 11.0 Å². The van der Waals surface area contributed by atoms with Crippen molar-refractivity contribution in [2.75, 3.05) is 19.7 Å². The van der Waals surface area contributed by atoms with Gasteiger partial charge < -0.3 is 9.64 Å². The first-order chi connectivity index (χ1) is 10.6. The molecule has 2 aromatic heterocycles. The Labute approximate surface area is 128 Å². The number of hydrogen-bond donors (Lipinski definition) is 0. The van der Waals surface area contributed by atoms with Crippen molar-refractivity contribution >= 4 is 5.91 Å². The monoisotopic (exact) mass is 299 g/mol. The lowest BCUT2D eigenvalue weighted by Crippen LogP contribution is -2.42. The van der Waals surface area contributed by atoms with Crippen LogP contribution in [0.5, 0.6) is 0 Å². The molecule has 0 bridgehead atoms. The summed E-state index contributed by atoms with van der Waals surface area (Å²) < 4.78 is 5.78. The Kier molecular flexibility index (Phi) is 4.06. The molecule has 0 aromatic carbocycles. The second-order valence-electron chi connectivity index (χ2n) is 5.22. The van der Waals surface area contributed by atoms with Crippen molar-refractivity contribution in [3.8, 4) is 0 Å². The molecule has 0 radical (unpaired) electrons. The van der Waals surface area contributed by atoms with Gasteiger partial charge in [0, 0.05) is 12.2 Å². The SMILES string of the molecule is Cc1cc([C@@H]2CN(C(=O)c3ccnnc3)CCO2)nc(C)n1. The normalized spacial score (nSPS) is 18.3. The zero-order valence-corrected chi connectivity index (χ0v) is 12.6. The number of morpholine rings is 1. The van der Waals surface area contributed by atoms with Crippen LogP contribution in [0.4, 0.5) is 0 Å². The molecule has 0 N–H and O–H groups in total. The molecule has 1 aliphatic rings.